The van der Waals surface area contributed by atoms with Crippen LogP contribution in [0.4, 0.5) is 0 Å². The van der Waals surface area contributed by atoms with E-state index in [-0.39, 0.29) is 18.2 Å². The van der Waals surface area contributed by atoms with E-state index in [1.165, 1.54) is 5.57 Å². The van der Waals surface area contributed by atoms with Gasteiger partial charge in [-0.3, -0.25) is 0 Å². The van der Waals surface area contributed by atoms with E-state index in [4.69, 9.17) is 9.47 Å². The number of carbonyl (C=O) groups is 1. The highest BCUT2D eigenvalue weighted by molar-refractivity contribution is 5.93. The first-order chi connectivity index (χ1) is 10.7. The summed E-state index contributed by atoms with van der Waals surface area (Å²) in [6.07, 6.45) is 5.43. The Morgan fingerprint density at radius 3 is 2.59 bits per heavy atom. The summed E-state index contributed by atoms with van der Waals surface area (Å²) in [5, 5.41) is 0. The maximum absolute atomic E-state index is 12.3. The average molecular weight is 298 g/mol. The summed E-state index contributed by atoms with van der Waals surface area (Å²) in [7, 11) is 0. The van der Waals surface area contributed by atoms with Gasteiger partial charge in [0.1, 0.15) is 18.0 Å². The molecule has 0 amide bonds. The van der Waals surface area contributed by atoms with Crippen LogP contribution in [0.25, 0.3) is 0 Å². The van der Waals surface area contributed by atoms with Gasteiger partial charge in [0, 0.05) is 6.42 Å². The molecular weight excluding hydrogens is 276 g/mol. The Kier molecular flexibility index (Phi) is 4.32. The maximum atomic E-state index is 12.3. The van der Waals surface area contributed by atoms with Gasteiger partial charge in [-0.05, 0) is 30.1 Å². The molecule has 0 aromatic heterocycles. The van der Waals surface area contributed by atoms with Crippen molar-refractivity contribution in [2.24, 2.45) is 0 Å². The second-order valence-electron chi connectivity index (χ2n) is 5.81. The predicted molar refractivity (Wildman–Crippen MR) is 85.1 cm³/mol. The van der Waals surface area contributed by atoms with E-state index in [1.54, 1.807) is 0 Å². The maximum Gasteiger partial charge on any atom is 0.342 e. The van der Waals surface area contributed by atoms with E-state index in [0.29, 0.717) is 12.0 Å². The summed E-state index contributed by atoms with van der Waals surface area (Å²) in [5.41, 5.74) is 2.82. The largest absolute Gasteiger partial charge is 0.489 e. The monoisotopic (exact) mass is 298 g/mol. The molecule has 2 heterocycles. The van der Waals surface area contributed by atoms with Crippen LogP contribution in [-0.2, 0) is 14.3 Å². The lowest BCUT2D eigenvalue weighted by atomic mass is 9.93. The lowest BCUT2D eigenvalue weighted by Crippen LogP contribution is -2.28. The highest BCUT2D eigenvalue weighted by Gasteiger charge is 2.34. The standard InChI is InChI=1S/C19H22O3/c1-3-8-16-13(4-2)11-15-18(21-16)12-17(22-19(15)20)14-9-6-5-7-10-14/h5-7,9-11,16-17H,3-4,8,12H2,1-2H3. The molecule has 1 aromatic carbocycles. The molecule has 0 aliphatic carbocycles. The highest BCUT2D eigenvalue weighted by Crippen LogP contribution is 2.38. The summed E-state index contributed by atoms with van der Waals surface area (Å²) < 4.78 is 11.8. The molecule has 0 fully saturated rings. The smallest absolute Gasteiger partial charge is 0.342 e. The van der Waals surface area contributed by atoms with Crippen molar-refractivity contribution in [1.82, 2.24) is 0 Å². The van der Waals surface area contributed by atoms with E-state index >= 15 is 0 Å². The normalized spacial score (nSPS) is 24.3. The Balaban J connectivity index is 1.88. The molecule has 1 aromatic rings. The number of carbonyl (C=O) groups excluding carboxylic acids is 1. The average Bonchev–Trinajstić information content (AvgIpc) is 2.55. The summed E-state index contributed by atoms with van der Waals surface area (Å²) in [5.74, 6) is 0.525. The fourth-order valence-corrected chi connectivity index (χ4v) is 3.09. The first-order valence-electron chi connectivity index (χ1n) is 8.09. The zero-order valence-corrected chi connectivity index (χ0v) is 13.2. The van der Waals surface area contributed by atoms with Crippen LogP contribution in [0.15, 0.2) is 53.3 Å². The summed E-state index contributed by atoms with van der Waals surface area (Å²) in [4.78, 5) is 12.3. The molecule has 0 saturated heterocycles. The van der Waals surface area contributed by atoms with E-state index in [9.17, 15) is 4.79 Å². The van der Waals surface area contributed by atoms with Gasteiger partial charge in [0.25, 0.3) is 0 Å². The summed E-state index contributed by atoms with van der Waals surface area (Å²) >= 11 is 0. The Morgan fingerprint density at radius 1 is 1.14 bits per heavy atom. The lowest BCUT2D eigenvalue weighted by Gasteiger charge is -2.33. The van der Waals surface area contributed by atoms with Gasteiger partial charge in [-0.15, -0.1) is 0 Å². The highest BCUT2D eigenvalue weighted by atomic mass is 16.6. The molecule has 116 valence electrons. The van der Waals surface area contributed by atoms with Crippen molar-refractivity contribution in [3.8, 4) is 0 Å². The van der Waals surface area contributed by atoms with Crippen LogP contribution in [0.1, 0.15) is 51.2 Å². The van der Waals surface area contributed by atoms with Gasteiger partial charge >= 0.3 is 5.97 Å². The van der Waals surface area contributed by atoms with Crippen LogP contribution in [0.3, 0.4) is 0 Å². The van der Waals surface area contributed by atoms with Gasteiger partial charge < -0.3 is 9.47 Å². The predicted octanol–water partition coefficient (Wildman–Crippen LogP) is 4.46. The molecule has 0 radical (unpaired) electrons. The summed E-state index contributed by atoms with van der Waals surface area (Å²) in [6, 6.07) is 9.86. The summed E-state index contributed by atoms with van der Waals surface area (Å²) in [6.45, 7) is 4.26. The first-order valence-corrected chi connectivity index (χ1v) is 8.09. The SMILES string of the molecule is CCCC1OC2=C(C=C1CC)C(=O)OC(c1ccccc1)C2. The zero-order valence-electron chi connectivity index (χ0n) is 13.2. The van der Waals surface area contributed by atoms with Crippen molar-refractivity contribution in [3.63, 3.8) is 0 Å². The molecule has 2 atom stereocenters. The van der Waals surface area contributed by atoms with E-state index in [2.05, 4.69) is 13.8 Å². The Morgan fingerprint density at radius 2 is 1.91 bits per heavy atom. The van der Waals surface area contributed by atoms with Crippen molar-refractivity contribution >= 4 is 5.97 Å². The third-order valence-corrected chi connectivity index (χ3v) is 4.30. The molecule has 2 aliphatic rings. The molecular formula is C19H22O3. The first kappa shape index (κ1) is 14.9. The van der Waals surface area contributed by atoms with Crippen molar-refractivity contribution in [2.45, 2.75) is 51.7 Å². The number of benzene rings is 1. The van der Waals surface area contributed by atoms with Crippen LogP contribution >= 0.6 is 0 Å². The number of cyclic esters (lactones) is 1. The quantitative estimate of drug-likeness (QED) is 0.770. The van der Waals surface area contributed by atoms with Crippen LogP contribution in [0.2, 0.25) is 0 Å². The van der Waals surface area contributed by atoms with Crippen LogP contribution in [-0.4, -0.2) is 12.1 Å². The molecule has 22 heavy (non-hydrogen) atoms. The van der Waals surface area contributed by atoms with Crippen LogP contribution in [0, 0.1) is 0 Å². The van der Waals surface area contributed by atoms with E-state index in [1.807, 2.05) is 36.4 Å². The third-order valence-electron chi connectivity index (χ3n) is 4.30. The molecule has 3 nitrogen and oxygen atoms in total. The van der Waals surface area contributed by atoms with E-state index in [0.717, 1.165) is 30.6 Å². The molecule has 0 spiro atoms. The zero-order chi connectivity index (χ0) is 15.5. The number of rotatable bonds is 4. The molecule has 2 unspecified atom stereocenters. The number of hydrogen-bond donors (Lipinski definition) is 0. The minimum atomic E-state index is -0.268. The number of ether oxygens (including phenoxy) is 2. The number of hydrogen-bond acceptors (Lipinski definition) is 3. The third kappa shape index (κ3) is 2.80. The second kappa shape index (κ2) is 6.39. The Bertz CT molecular complexity index is 613. The fraction of sp³-hybridized carbons (Fsp3) is 0.421. The molecule has 0 bridgehead atoms. The minimum Gasteiger partial charge on any atom is -0.489 e. The molecule has 2 aliphatic heterocycles. The lowest BCUT2D eigenvalue weighted by molar-refractivity contribution is -0.147. The van der Waals surface area contributed by atoms with Gasteiger partial charge in [-0.2, -0.15) is 0 Å². The Labute approximate surface area is 131 Å². The van der Waals surface area contributed by atoms with Gasteiger partial charge in [-0.25, -0.2) is 4.79 Å². The molecule has 3 rings (SSSR count). The molecule has 0 saturated carbocycles. The van der Waals surface area contributed by atoms with Crippen LogP contribution < -0.4 is 0 Å². The molecule has 3 heteroatoms. The van der Waals surface area contributed by atoms with Crippen molar-refractivity contribution in [1.29, 1.82) is 0 Å². The Hall–Kier alpha value is -2.03. The topological polar surface area (TPSA) is 35.5 Å². The van der Waals surface area contributed by atoms with Crippen LogP contribution in [0.5, 0.6) is 0 Å². The van der Waals surface area contributed by atoms with Crippen molar-refractivity contribution in [3.05, 3.63) is 58.9 Å². The second-order valence-corrected chi connectivity index (χ2v) is 5.81. The minimum absolute atomic E-state index is 0.107. The van der Waals surface area contributed by atoms with Crippen molar-refractivity contribution < 1.29 is 14.3 Å². The van der Waals surface area contributed by atoms with Gasteiger partial charge in [0.2, 0.25) is 0 Å². The van der Waals surface area contributed by atoms with Gasteiger partial charge in [-0.1, -0.05) is 50.6 Å². The van der Waals surface area contributed by atoms with Gasteiger partial charge in [0.15, 0.2) is 0 Å². The van der Waals surface area contributed by atoms with Crippen molar-refractivity contribution in [2.75, 3.05) is 0 Å². The van der Waals surface area contributed by atoms with E-state index < -0.39 is 0 Å². The number of esters is 1. The molecule has 0 N–H and O–H groups in total. The van der Waals surface area contributed by atoms with Gasteiger partial charge in [0.05, 0.1) is 5.57 Å². The fourth-order valence-electron chi connectivity index (χ4n) is 3.09.